The Morgan fingerprint density at radius 2 is 1.82 bits per heavy atom. The summed E-state index contributed by atoms with van der Waals surface area (Å²) in [5, 5.41) is 0. The molecule has 0 fully saturated rings. The van der Waals surface area contributed by atoms with E-state index >= 15 is 0 Å². The lowest BCUT2D eigenvalue weighted by Gasteiger charge is -2.10. The largest absolute Gasteiger partial charge is 0.489 e. The molecular formula is C15H16OS. The number of aryl methyl sites for hydroxylation is 1. The molecule has 0 saturated heterocycles. The monoisotopic (exact) mass is 244 g/mol. The van der Waals surface area contributed by atoms with Crippen molar-refractivity contribution in [1.29, 1.82) is 0 Å². The van der Waals surface area contributed by atoms with Gasteiger partial charge >= 0.3 is 0 Å². The van der Waals surface area contributed by atoms with Gasteiger partial charge in [-0.1, -0.05) is 36.4 Å². The summed E-state index contributed by atoms with van der Waals surface area (Å²) in [6.45, 7) is 2.70. The van der Waals surface area contributed by atoms with Gasteiger partial charge in [0.15, 0.2) is 0 Å². The first-order chi connectivity index (χ1) is 8.29. The minimum absolute atomic E-state index is 0.625. The van der Waals surface area contributed by atoms with Crippen LogP contribution in [0.3, 0.4) is 0 Å². The molecule has 0 aliphatic carbocycles. The average molecular weight is 244 g/mol. The maximum Gasteiger partial charge on any atom is 0.123 e. The van der Waals surface area contributed by atoms with E-state index in [0.29, 0.717) is 6.61 Å². The Labute approximate surface area is 107 Å². The maximum absolute atomic E-state index is 5.85. The molecule has 0 unspecified atom stereocenters. The fraction of sp³-hybridized carbons (Fsp3) is 0.200. The Kier molecular flexibility index (Phi) is 4.10. The summed E-state index contributed by atoms with van der Waals surface area (Å²) in [7, 11) is 0. The van der Waals surface area contributed by atoms with Gasteiger partial charge in [-0.05, 0) is 36.4 Å². The van der Waals surface area contributed by atoms with Crippen LogP contribution in [0.4, 0.5) is 0 Å². The molecule has 2 heteroatoms. The molecule has 0 atom stereocenters. The number of benzene rings is 2. The molecule has 0 spiro atoms. The fourth-order valence-corrected chi connectivity index (χ4v) is 2.03. The standard InChI is InChI=1S/C15H16OS/c1-12-8-9-14(17-2)10-15(12)16-11-13-6-4-3-5-7-13/h3-10H,11H2,1-2H3. The minimum Gasteiger partial charge on any atom is -0.489 e. The van der Waals surface area contributed by atoms with Crippen molar-refractivity contribution in [3.05, 3.63) is 59.7 Å². The lowest BCUT2D eigenvalue weighted by Crippen LogP contribution is -1.96. The predicted octanol–water partition coefficient (Wildman–Crippen LogP) is 4.30. The van der Waals surface area contributed by atoms with Crippen molar-refractivity contribution in [2.24, 2.45) is 0 Å². The Bertz CT molecular complexity index is 480. The summed E-state index contributed by atoms with van der Waals surface area (Å²) in [5.41, 5.74) is 2.38. The van der Waals surface area contributed by atoms with Gasteiger partial charge in [-0.15, -0.1) is 11.8 Å². The normalized spacial score (nSPS) is 10.2. The summed E-state index contributed by atoms with van der Waals surface area (Å²) >= 11 is 1.73. The summed E-state index contributed by atoms with van der Waals surface area (Å²) in [6, 6.07) is 16.6. The quantitative estimate of drug-likeness (QED) is 0.742. The second kappa shape index (κ2) is 5.78. The van der Waals surface area contributed by atoms with Crippen molar-refractivity contribution in [3.63, 3.8) is 0 Å². The number of hydrogen-bond donors (Lipinski definition) is 0. The Balaban J connectivity index is 2.08. The molecule has 0 heterocycles. The third-order valence-electron chi connectivity index (χ3n) is 2.63. The van der Waals surface area contributed by atoms with Gasteiger partial charge in [0.1, 0.15) is 12.4 Å². The van der Waals surface area contributed by atoms with Crippen molar-refractivity contribution < 1.29 is 4.74 Å². The van der Waals surface area contributed by atoms with Crippen LogP contribution in [0.15, 0.2) is 53.4 Å². The first-order valence-electron chi connectivity index (χ1n) is 5.61. The van der Waals surface area contributed by atoms with Crippen molar-refractivity contribution in [1.82, 2.24) is 0 Å². The lowest BCUT2D eigenvalue weighted by molar-refractivity contribution is 0.303. The van der Waals surface area contributed by atoms with Gasteiger partial charge in [-0.2, -0.15) is 0 Å². The zero-order valence-corrected chi connectivity index (χ0v) is 11.0. The molecule has 0 amide bonds. The molecule has 2 aromatic rings. The van der Waals surface area contributed by atoms with E-state index in [1.54, 1.807) is 11.8 Å². The van der Waals surface area contributed by atoms with Gasteiger partial charge in [-0.25, -0.2) is 0 Å². The third-order valence-corrected chi connectivity index (χ3v) is 3.36. The zero-order valence-electron chi connectivity index (χ0n) is 10.1. The van der Waals surface area contributed by atoms with Crippen molar-refractivity contribution >= 4 is 11.8 Å². The minimum atomic E-state index is 0.625. The number of thioether (sulfide) groups is 1. The first kappa shape index (κ1) is 12.1. The van der Waals surface area contributed by atoms with Crippen LogP contribution in [0, 0.1) is 6.92 Å². The highest BCUT2D eigenvalue weighted by atomic mass is 32.2. The van der Waals surface area contributed by atoms with Crippen LogP contribution in [-0.2, 0) is 6.61 Å². The molecule has 0 aliphatic rings. The van der Waals surface area contributed by atoms with Crippen LogP contribution in [0.25, 0.3) is 0 Å². The van der Waals surface area contributed by atoms with E-state index in [0.717, 1.165) is 5.75 Å². The lowest BCUT2D eigenvalue weighted by atomic mass is 10.2. The average Bonchev–Trinajstić information content (AvgIpc) is 2.39. The topological polar surface area (TPSA) is 9.23 Å². The number of hydrogen-bond acceptors (Lipinski definition) is 2. The molecular weight excluding hydrogens is 228 g/mol. The first-order valence-corrected chi connectivity index (χ1v) is 6.83. The number of ether oxygens (including phenoxy) is 1. The van der Waals surface area contributed by atoms with Crippen LogP contribution < -0.4 is 4.74 Å². The molecule has 0 aromatic heterocycles. The number of rotatable bonds is 4. The maximum atomic E-state index is 5.85. The van der Waals surface area contributed by atoms with Gasteiger partial charge < -0.3 is 4.74 Å². The molecule has 17 heavy (non-hydrogen) atoms. The van der Waals surface area contributed by atoms with Crippen molar-refractivity contribution in [2.45, 2.75) is 18.4 Å². The highest BCUT2D eigenvalue weighted by Gasteiger charge is 2.01. The molecule has 0 saturated carbocycles. The third kappa shape index (κ3) is 3.27. The van der Waals surface area contributed by atoms with E-state index < -0.39 is 0 Å². The van der Waals surface area contributed by atoms with E-state index in [2.05, 4.69) is 43.5 Å². The summed E-state index contributed by atoms with van der Waals surface area (Å²) in [5.74, 6) is 0.973. The van der Waals surface area contributed by atoms with Gasteiger partial charge in [0.2, 0.25) is 0 Å². The summed E-state index contributed by atoms with van der Waals surface area (Å²) in [4.78, 5) is 1.23. The SMILES string of the molecule is CSc1ccc(C)c(OCc2ccccc2)c1. The highest BCUT2D eigenvalue weighted by molar-refractivity contribution is 7.98. The Morgan fingerprint density at radius 3 is 2.53 bits per heavy atom. The second-order valence-corrected chi connectivity index (χ2v) is 4.79. The van der Waals surface area contributed by atoms with Crippen LogP contribution in [0.5, 0.6) is 5.75 Å². The predicted molar refractivity (Wildman–Crippen MR) is 73.7 cm³/mol. The second-order valence-electron chi connectivity index (χ2n) is 3.91. The fourth-order valence-electron chi connectivity index (χ4n) is 1.60. The van der Waals surface area contributed by atoms with Gasteiger partial charge in [0.25, 0.3) is 0 Å². The molecule has 0 bridgehead atoms. The van der Waals surface area contributed by atoms with Crippen LogP contribution in [0.2, 0.25) is 0 Å². The van der Waals surface area contributed by atoms with Crippen molar-refractivity contribution in [2.75, 3.05) is 6.26 Å². The zero-order chi connectivity index (χ0) is 12.1. The van der Waals surface area contributed by atoms with Crippen LogP contribution in [-0.4, -0.2) is 6.26 Å². The van der Waals surface area contributed by atoms with E-state index in [1.807, 2.05) is 18.2 Å². The van der Waals surface area contributed by atoms with Gasteiger partial charge in [-0.3, -0.25) is 0 Å². The van der Waals surface area contributed by atoms with Crippen LogP contribution >= 0.6 is 11.8 Å². The smallest absolute Gasteiger partial charge is 0.123 e. The molecule has 2 aromatic carbocycles. The van der Waals surface area contributed by atoms with Crippen LogP contribution in [0.1, 0.15) is 11.1 Å². The highest BCUT2D eigenvalue weighted by Crippen LogP contribution is 2.25. The van der Waals surface area contributed by atoms with Gasteiger partial charge in [0.05, 0.1) is 0 Å². The van der Waals surface area contributed by atoms with E-state index in [9.17, 15) is 0 Å². The molecule has 0 aliphatic heterocycles. The summed E-state index contributed by atoms with van der Waals surface area (Å²) < 4.78 is 5.85. The van der Waals surface area contributed by atoms with E-state index in [-0.39, 0.29) is 0 Å². The molecule has 0 N–H and O–H groups in total. The van der Waals surface area contributed by atoms with Gasteiger partial charge in [0, 0.05) is 4.90 Å². The molecule has 88 valence electrons. The van der Waals surface area contributed by atoms with E-state index in [4.69, 9.17) is 4.74 Å². The molecule has 1 nitrogen and oxygen atoms in total. The Hall–Kier alpha value is -1.41. The summed E-state index contributed by atoms with van der Waals surface area (Å²) in [6.07, 6.45) is 2.08. The van der Waals surface area contributed by atoms with Crippen molar-refractivity contribution in [3.8, 4) is 5.75 Å². The Morgan fingerprint density at radius 1 is 1.06 bits per heavy atom. The molecule has 0 radical (unpaired) electrons. The van der Waals surface area contributed by atoms with E-state index in [1.165, 1.54) is 16.0 Å². The molecule has 2 rings (SSSR count).